The van der Waals surface area contributed by atoms with Gasteiger partial charge in [0.2, 0.25) is 11.8 Å². The van der Waals surface area contributed by atoms with E-state index in [1.807, 2.05) is 0 Å². The van der Waals surface area contributed by atoms with Gasteiger partial charge in [0.15, 0.2) is 0 Å². The van der Waals surface area contributed by atoms with Crippen LogP contribution in [0.2, 0.25) is 0 Å². The van der Waals surface area contributed by atoms with E-state index in [0.717, 1.165) is 11.3 Å². The van der Waals surface area contributed by atoms with E-state index >= 15 is 0 Å². The first-order valence-electron chi connectivity index (χ1n) is 11.0. The fourth-order valence-corrected chi connectivity index (χ4v) is 5.69. The molecule has 4 aliphatic rings. The molecule has 0 aromatic carbocycles. The average Bonchev–Trinajstić information content (AvgIpc) is 3.25. The Hall–Kier alpha value is -3.15. The number of carbonyl (C=O) groups excluding carboxylic acids is 4. The number of hydrogen-bond donors (Lipinski definition) is 0. The number of ether oxygens (including phenoxy) is 2. The molecule has 0 spiro atoms. The summed E-state index contributed by atoms with van der Waals surface area (Å²) < 4.78 is 69.1. The van der Waals surface area contributed by atoms with Gasteiger partial charge in [0, 0.05) is 11.3 Å². The molecule has 0 aromatic rings. The van der Waals surface area contributed by atoms with Crippen LogP contribution in [0.3, 0.4) is 0 Å². The first-order chi connectivity index (χ1) is 15.6. The van der Waals surface area contributed by atoms with Gasteiger partial charge in [-0.15, -0.1) is 0 Å². The molecule has 10 nitrogen and oxygen atoms in total. The molecule has 6 unspecified atom stereocenters. The van der Waals surface area contributed by atoms with Crippen LogP contribution in [-0.4, -0.2) is 59.0 Å². The number of nitrogens with zero attached hydrogens (tertiary/aromatic N) is 1. The molecule has 0 N–H and O–H groups in total. The van der Waals surface area contributed by atoms with E-state index in [1.165, 1.54) is 0 Å². The zero-order valence-electron chi connectivity index (χ0n) is 19.4. The quantitative estimate of drug-likeness (QED) is 0.221. The number of carbonyl (C=O) groups is 4. The van der Waals surface area contributed by atoms with Crippen molar-refractivity contribution in [1.29, 1.82) is 0 Å². The molecule has 0 radical (unpaired) electrons. The third-order valence-corrected chi connectivity index (χ3v) is 8.10. The maximum absolute atomic E-state index is 13.5. The standard InChI is InChI=1S/C21H26F2NO9S.Rf/c1-20(2,3)19(28)24-14-10-7-11(15(14)33-17(26)9-5-4-6-9)13(12(10)16(24)25)18(27)32-8-21(22,23)34(29,30)31;/h8-15H,4-7H2,1-3H3,(H,29,30,31);/q-1;/p-1. The maximum atomic E-state index is 13.5. The summed E-state index contributed by atoms with van der Waals surface area (Å²) in [5.41, 5.74) is -0.964. The van der Waals surface area contributed by atoms with E-state index in [9.17, 15) is 40.9 Å². The fourth-order valence-electron chi connectivity index (χ4n) is 5.52. The molecule has 1 aliphatic heterocycles. The van der Waals surface area contributed by atoms with Crippen LogP contribution in [-0.2, 0) is 38.8 Å². The molecule has 4 rings (SSSR count). The Kier molecular flexibility index (Phi) is 6.21. The van der Waals surface area contributed by atoms with Gasteiger partial charge >= 0.3 is 5.97 Å². The molecule has 3 aliphatic carbocycles. The number of amides is 2. The minimum absolute atomic E-state index is 0. The Morgan fingerprint density at radius 1 is 1.11 bits per heavy atom. The predicted molar refractivity (Wildman–Crippen MR) is 106 cm³/mol. The molecule has 35 heavy (non-hydrogen) atoms. The Bertz CT molecular complexity index is 1040. The molecular formula is C21H25F2NO9RfS-2. The normalized spacial score (nSPS) is 32.2. The SMILES string of the molecule is CC(C)(C)C(=O)N1C(=O)C2C3CC(C(OC(=O)C4CCC4)C31)C2C(=O)O[CH-]C(F)(F)S(=O)(=O)[O-].[Rf]. The second-order valence-corrected chi connectivity index (χ2v) is 11.9. The van der Waals surface area contributed by atoms with Crippen LogP contribution in [0.1, 0.15) is 46.5 Å². The van der Waals surface area contributed by atoms with E-state index in [4.69, 9.17) is 4.74 Å². The van der Waals surface area contributed by atoms with E-state index < -0.39 is 87.0 Å². The van der Waals surface area contributed by atoms with Crippen molar-refractivity contribution < 1.29 is 50.4 Å². The number of likely N-dealkylation sites (tertiary alicyclic amines) is 1. The molecule has 2 bridgehead atoms. The van der Waals surface area contributed by atoms with Crippen molar-refractivity contribution in [2.45, 2.75) is 63.9 Å². The molecule has 4 fully saturated rings. The molecule has 1 heterocycles. The van der Waals surface area contributed by atoms with Crippen molar-refractivity contribution in [2.24, 2.45) is 35.0 Å². The predicted octanol–water partition coefficient (Wildman–Crippen LogP) is 1.21. The van der Waals surface area contributed by atoms with Gasteiger partial charge in [0.1, 0.15) is 16.2 Å². The number of esters is 2. The van der Waals surface area contributed by atoms with Gasteiger partial charge in [-0.3, -0.25) is 24.1 Å². The second kappa shape index (κ2) is 8.21. The molecular weight excluding hydrogens is 747 g/mol. The van der Waals surface area contributed by atoms with Gasteiger partial charge in [-0.2, -0.15) is 0 Å². The second-order valence-electron chi connectivity index (χ2n) is 10.5. The molecule has 14 heteroatoms. The van der Waals surface area contributed by atoms with Gasteiger partial charge in [-0.1, -0.05) is 33.8 Å². The van der Waals surface area contributed by atoms with Crippen LogP contribution >= 0.6 is 0 Å². The first kappa shape index (κ1) is 26.5. The number of fused-ring (bicyclic) bond motifs is 1. The van der Waals surface area contributed by atoms with Gasteiger partial charge in [0.05, 0.1) is 23.8 Å². The number of imide groups is 1. The molecule has 192 valence electrons. The van der Waals surface area contributed by atoms with E-state index in [1.54, 1.807) is 20.8 Å². The summed E-state index contributed by atoms with van der Waals surface area (Å²) in [6, 6.07) is -0.783. The van der Waals surface area contributed by atoms with Crippen LogP contribution in [0.15, 0.2) is 0 Å². The zero-order valence-corrected chi connectivity index (χ0v) is 26.7. The van der Waals surface area contributed by atoms with E-state index in [0.29, 0.717) is 12.8 Å². The number of rotatable bonds is 6. The Morgan fingerprint density at radius 2 is 1.71 bits per heavy atom. The maximum Gasteiger partial charge on any atom is 0.309 e. The van der Waals surface area contributed by atoms with Gasteiger partial charge < -0.3 is 14.0 Å². The summed E-state index contributed by atoms with van der Waals surface area (Å²) in [5.74, 6) is -7.14. The van der Waals surface area contributed by atoms with E-state index in [-0.39, 0.29) is 12.3 Å². The third-order valence-electron chi connectivity index (χ3n) is 7.34. The minimum atomic E-state index is -6.13. The van der Waals surface area contributed by atoms with Crippen LogP contribution in [0, 0.1) is 41.6 Å². The van der Waals surface area contributed by atoms with Gasteiger partial charge in [-0.05, 0) is 25.2 Å². The summed E-state index contributed by atoms with van der Waals surface area (Å²) in [6.07, 6.45) is 1.32. The molecule has 0 aromatic heterocycles. The van der Waals surface area contributed by atoms with Crippen molar-refractivity contribution in [1.82, 2.24) is 4.90 Å². The fraction of sp³-hybridized carbons (Fsp3) is 0.762. The monoisotopic (exact) mass is 772 g/mol. The van der Waals surface area contributed by atoms with E-state index in [2.05, 4.69) is 4.74 Å². The van der Waals surface area contributed by atoms with Crippen LogP contribution < -0.4 is 0 Å². The van der Waals surface area contributed by atoms with Crippen molar-refractivity contribution >= 4 is 33.9 Å². The Morgan fingerprint density at radius 3 is 2.20 bits per heavy atom. The summed E-state index contributed by atoms with van der Waals surface area (Å²) in [4.78, 5) is 52.8. The zero-order chi connectivity index (χ0) is 25.4. The number of hydrogen-bond acceptors (Lipinski definition) is 9. The summed E-state index contributed by atoms with van der Waals surface area (Å²) >= 11 is 0. The topological polar surface area (TPSA) is 147 Å². The summed E-state index contributed by atoms with van der Waals surface area (Å²) in [7, 11) is -6.13. The largest absolute Gasteiger partial charge is 0.746 e. The summed E-state index contributed by atoms with van der Waals surface area (Å²) in [5, 5.41) is -4.97. The average molecular weight is 772 g/mol. The molecule has 3 saturated carbocycles. The summed E-state index contributed by atoms with van der Waals surface area (Å²) in [6.45, 7) is 4.17. The number of alkyl halides is 2. The minimum Gasteiger partial charge on any atom is -0.746 e. The van der Waals surface area contributed by atoms with Crippen molar-refractivity contribution in [3.05, 3.63) is 6.61 Å². The van der Waals surface area contributed by atoms with Gasteiger partial charge in [-0.25, -0.2) is 17.2 Å². The third kappa shape index (κ3) is 4.03. The molecule has 1 saturated heterocycles. The first-order valence-corrected chi connectivity index (χ1v) is 12.4. The smallest absolute Gasteiger partial charge is 0.309 e. The van der Waals surface area contributed by atoms with Crippen LogP contribution in [0.25, 0.3) is 0 Å². The van der Waals surface area contributed by atoms with Crippen molar-refractivity contribution in [2.75, 3.05) is 0 Å². The Labute approximate surface area is 195 Å². The Balaban J connectivity index is 0.00000342. The van der Waals surface area contributed by atoms with Crippen LogP contribution in [0.4, 0.5) is 8.78 Å². The van der Waals surface area contributed by atoms with Gasteiger partial charge in [0.25, 0.3) is 11.2 Å². The van der Waals surface area contributed by atoms with Crippen molar-refractivity contribution in [3.63, 3.8) is 0 Å². The van der Waals surface area contributed by atoms with Crippen molar-refractivity contribution in [3.8, 4) is 0 Å². The van der Waals surface area contributed by atoms with Crippen LogP contribution in [0.5, 0.6) is 0 Å². The molecule has 6 atom stereocenters. The molecule has 2 amide bonds. The number of halogens is 2.